The Hall–Kier alpha value is -0.610. The summed E-state index contributed by atoms with van der Waals surface area (Å²) in [6.07, 6.45) is 6.59. The fraction of sp³-hybridized carbons (Fsp3) is 0.933. The number of nitrogens with zero attached hydrogens (tertiary/aromatic N) is 1. The predicted octanol–water partition coefficient (Wildman–Crippen LogP) is 1.39. The summed E-state index contributed by atoms with van der Waals surface area (Å²) in [5, 5.41) is 12.8. The van der Waals surface area contributed by atoms with Crippen LogP contribution in [0, 0.1) is 11.8 Å². The summed E-state index contributed by atoms with van der Waals surface area (Å²) in [6.45, 7) is 4.93. The largest absolute Gasteiger partial charge is 0.396 e. The van der Waals surface area contributed by atoms with Crippen molar-refractivity contribution in [1.29, 1.82) is 0 Å². The van der Waals surface area contributed by atoms with E-state index in [1.165, 1.54) is 19.3 Å². The Morgan fingerprint density at radius 1 is 1.32 bits per heavy atom. The fourth-order valence-corrected chi connectivity index (χ4v) is 3.20. The molecule has 2 aliphatic rings. The maximum absolute atomic E-state index is 11.9. The van der Waals surface area contributed by atoms with Crippen LogP contribution in [-0.2, 0) is 4.79 Å². The molecule has 2 unspecified atom stereocenters. The Bertz CT molecular complexity index is 292. The maximum atomic E-state index is 11.9. The van der Waals surface area contributed by atoms with Crippen molar-refractivity contribution in [3.05, 3.63) is 0 Å². The van der Waals surface area contributed by atoms with Crippen molar-refractivity contribution in [1.82, 2.24) is 10.2 Å². The molecule has 2 N–H and O–H groups in total. The molecule has 0 aromatic heterocycles. The summed E-state index contributed by atoms with van der Waals surface area (Å²) in [7, 11) is 0. The van der Waals surface area contributed by atoms with Gasteiger partial charge in [-0.25, -0.2) is 0 Å². The number of nitrogens with one attached hydrogen (secondary N) is 1. The molecule has 0 bridgehead atoms. The molecular weight excluding hydrogens is 240 g/mol. The quantitative estimate of drug-likeness (QED) is 0.765. The Morgan fingerprint density at radius 3 is 2.68 bits per heavy atom. The zero-order valence-electron chi connectivity index (χ0n) is 12.1. The lowest BCUT2D eigenvalue weighted by Gasteiger charge is -2.39. The van der Waals surface area contributed by atoms with Crippen molar-refractivity contribution in [2.45, 2.75) is 51.5 Å². The van der Waals surface area contributed by atoms with Crippen molar-refractivity contribution in [2.75, 3.05) is 26.2 Å². The number of amides is 1. The molecular formula is C15H28N2O2. The molecule has 1 aliphatic carbocycles. The SMILES string of the molecule is CCC(=O)N1CC(CCO)CC(NCC2CCC2)C1. The van der Waals surface area contributed by atoms with E-state index in [4.69, 9.17) is 5.11 Å². The molecule has 2 rings (SSSR count). The second kappa shape index (κ2) is 7.25. The van der Waals surface area contributed by atoms with Gasteiger partial charge in [0.05, 0.1) is 0 Å². The lowest BCUT2D eigenvalue weighted by atomic mass is 9.84. The highest BCUT2D eigenvalue weighted by Crippen LogP contribution is 2.26. The van der Waals surface area contributed by atoms with Gasteiger partial charge in [-0.3, -0.25) is 4.79 Å². The third-order valence-electron chi connectivity index (χ3n) is 4.65. The fourth-order valence-electron chi connectivity index (χ4n) is 3.20. The van der Waals surface area contributed by atoms with Crippen LogP contribution in [0.5, 0.6) is 0 Å². The van der Waals surface area contributed by atoms with E-state index in [1.54, 1.807) is 0 Å². The molecule has 1 heterocycles. The predicted molar refractivity (Wildman–Crippen MR) is 75.8 cm³/mol. The number of rotatable bonds is 6. The summed E-state index contributed by atoms with van der Waals surface area (Å²) in [5.41, 5.74) is 0. The van der Waals surface area contributed by atoms with Gasteiger partial charge in [-0.05, 0) is 44.1 Å². The topological polar surface area (TPSA) is 52.6 Å². The molecule has 1 aliphatic heterocycles. The number of hydrogen-bond acceptors (Lipinski definition) is 3. The van der Waals surface area contributed by atoms with Crippen molar-refractivity contribution in [3.63, 3.8) is 0 Å². The van der Waals surface area contributed by atoms with E-state index < -0.39 is 0 Å². The molecule has 0 aromatic carbocycles. The van der Waals surface area contributed by atoms with Crippen molar-refractivity contribution in [2.24, 2.45) is 11.8 Å². The Kier molecular flexibility index (Phi) is 5.64. The van der Waals surface area contributed by atoms with Gasteiger partial charge in [0.2, 0.25) is 5.91 Å². The summed E-state index contributed by atoms with van der Waals surface area (Å²) < 4.78 is 0. The molecule has 110 valence electrons. The minimum Gasteiger partial charge on any atom is -0.396 e. The van der Waals surface area contributed by atoms with Crippen LogP contribution in [0.25, 0.3) is 0 Å². The van der Waals surface area contributed by atoms with Crippen molar-refractivity contribution < 1.29 is 9.90 Å². The van der Waals surface area contributed by atoms with E-state index in [2.05, 4.69) is 5.32 Å². The minimum atomic E-state index is 0.230. The van der Waals surface area contributed by atoms with Gasteiger partial charge < -0.3 is 15.3 Å². The van der Waals surface area contributed by atoms with E-state index in [1.807, 2.05) is 11.8 Å². The standard InChI is InChI=1S/C15H28N2O2/c1-2-15(19)17-10-13(6-7-18)8-14(11-17)16-9-12-4-3-5-12/h12-14,16,18H,2-11H2,1H3. The first-order valence-electron chi connectivity index (χ1n) is 7.85. The van der Waals surface area contributed by atoms with Crippen molar-refractivity contribution >= 4 is 5.91 Å². The summed E-state index contributed by atoms with van der Waals surface area (Å²) >= 11 is 0. The first kappa shape index (κ1) is 14.8. The van der Waals surface area contributed by atoms with Crippen LogP contribution in [0.2, 0.25) is 0 Å². The van der Waals surface area contributed by atoms with Crippen LogP contribution in [-0.4, -0.2) is 48.2 Å². The molecule has 4 nitrogen and oxygen atoms in total. The van der Waals surface area contributed by atoms with Gasteiger partial charge in [-0.2, -0.15) is 0 Å². The molecule has 1 amide bonds. The molecule has 0 spiro atoms. The second-order valence-corrected chi connectivity index (χ2v) is 6.17. The van der Waals surface area contributed by atoms with Gasteiger partial charge in [0.15, 0.2) is 0 Å². The highest BCUT2D eigenvalue weighted by Gasteiger charge is 2.29. The summed E-state index contributed by atoms with van der Waals surface area (Å²) in [6, 6.07) is 0.418. The lowest BCUT2D eigenvalue weighted by Crippen LogP contribution is -2.52. The van der Waals surface area contributed by atoms with Gasteiger partial charge in [-0.15, -0.1) is 0 Å². The van der Waals surface area contributed by atoms with Crippen LogP contribution in [0.1, 0.15) is 45.4 Å². The Balaban J connectivity index is 1.83. The van der Waals surface area contributed by atoms with Crippen LogP contribution >= 0.6 is 0 Å². The summed E-state index contributed by atoms with van der Waals surface area (Å²) in [5.74, 6) is 1.56. The average Bonchev–Trinajstić information content (AvgIpc) is 2.36. The molecule has 1 saturated heterocycles. The monoisotopic (exact) mass is 268 g/mol. The third kappa shape index (κ3) is 4.18. The molecule has 1 saturated carbocycles. The van der Waals surface area contributed by atoms with E-state index in [9.17, 15) is 4.79 Å². The highest BCUT2D eigenvalue weighted by atomic mass is 16.3. The van der Waals surface area contributed by atoms with Gasteiger partial charge in [0, 0.05) is 32.2 Å². The number of aliphatic hydroxyl groups excluding tert-OH is 1. The number of hydrogen-bond donors (Lipinski definition) is 2. The van der Waals surface area contributed by atoms with Gasteiger partial charge in [-0.1, -0.05) is 13.3 Å². The molecule has 0 radical (unpaired) electrons. The number of piperidine rings is 1. The first-order chi connectivity index (χ1) is 9.22. The minimum absolute atomic E-state index is 0.230. The summed E-state index contributed by atoms with van der Waals surface area (Å²) in [4.78, 5) is 13.9. The van der Waals surface area contributed by atoms with E-state index in [-0.39, 0.29) is 12.5 Å². The molecule has 2 atom stereocenters. The van der Waals surface area contributed by atoms with E-state index in [0.717, 1.165) is 38.4 Å². The molecule has 4 heteroatoms. The molecule has 0 aromatic rings. The van der Waals surface area contributed by atoms with E-state index in [0.29, 0.717) is 18.4 Å². The van der Waals surface area contributed by atoms with Crippen LogP contribution in [0.15, 0.2) is 0 Å². The van der Waals surface area contributed by atoms with Crippen LogP contribution < -0.4 is 5.32 Å². The average molecular weight is 268 g/mol. The first-order valence-corrected chi connectivity index (χ1v) is 7.85. The Morgan fingerprint density at radius 2 is 2.11 bits per heavy atom. The van der Waals surface area contributed by atoms with Crippen LogP contribution in [0.4, 0.5) is 0 Å². The zero-order chi connectivity index (χ0) is 13.7. The Labute approximate surface area is 116 Å². The van der Waals surface area contributed by atoms with Crippen LogP contribution in [0.3, 0.4) is 0 Å². The number of carbonyl (C=O) groups excluding carboxylic acids is 1. The highest BCUT2D eigenvalue weighted by molar-refractivity contribution is 5.76. The van der Waals surface area contributed by atoms with Gasteiger partial charge in [0.1, 0.15) is 0 Å². The third-order valence-corrected chi connectivity index (χ3v) is 4.65. The van der Waals surface area contributed by atoms with Crippen molar-refractivity contribution in [3.8, 4) is 0 Å². The second-order valence-electron chi connectivity index (χ2n) is 6.17. The van der Waals surface area contributed by atoms with Gasteiger partial charge >= 0.3 is 0 Å². The lowest BCUT2D eigenvalue weighted by molar-refractivity contribution is -0.133. The number of aliphatic hydroxyl groups is 1. The molecule has 2 fully saturated rings. The zero-order valence-corrected chi connectivity index (χ0v) is 12.1. The normalized spacial score (nSPS) is 28.2. The molecule has 19 heavy (non-hydrogen) atoms. The smallest absolute Gasteiger partial charge is 0.222 e. The van der Waals surface area contributed by atoms with Gasteiger partial charge in [0.25, 0.3) is 0 Å². The number of carbonyl (C=O) groups is 1. The number of likely N-dealkylation sites (tertiary alicyclic amines) is 1. The maximum Gasteiger partial charge on any atom is 0.222 e. The van der Waals surface area contributed by atoms with E-state index >= 15 is 0 Å².